The van der Waals surface area contributed by atoms with Crippen molar-refractivity contribution in [3.8, 4) is 17.0 Å². The van der Waals surface area contributed by atoms with Crippen LogP contribution in [0.15, 0.2) is 54.6 Å². The van der Waals surface area contributed by atoms with Crippen molar-refractivity contribution in [1.82, 2.24) is 10.2 Å². The minimum atomic E-state index is 0.472. The van der Waals surface area contributed by atoms with Crippen LogP contribution in [-0.4, -0.2) is 17.3 Å². The Bertz CT molecular complexity index is 814. The second-order valence-corrected chi connectivity index (χ2v) is 6.12. The molecule has 0 aliphatic heterocycles. The molecule has 0 aliphatic carbocycles. The van der Waals surface area contributed by atoms with E-state index in [-0.39, 0.29) is 0 Å². The largest absolute Gasteiger partial charge is 0.497 e. The summed E-state index contributed by atoms with van der Waals surface area (Å²) in [5, 5.41) is 8.80. The Morgan fingerprint density at radius 1 is 0.917 bits per heavy atom. The van der Waals surface area contributed by atoms with Gasteiger partial charge in [0.25, 0.3) is 0 Å². The predicted molar refractivity (Wildman–Crippen MR) is 97.6 cm³/mol. The second-order valence-electron chi connectivity index (χ2n) is 5.76. The van der Waals surface area contributed by atoms with Gasteiger partial charge in [-0.25, -0.2) is 0 Å². The van der Waals surface area contributed by atoms with Crippen LogP contribution in [0.3, 0.4) is 0 Å². The normalized spacial score (nSPS) is 10.6. The van der Waals surface area contributed by atoms with E-state index in [0.29, 0.717) is 5.15 Å². The first-order chi connectivity index (χ1) is 11.7. The van der Waals surface area contributed by atoms with E-state index in [2.05, 4.69) is 53.5 Å². The van der Waals surface area contributed by atoms with Gasteiger partial charge in [0.15, 0.2) is 5.15 Å². The van der Waals surface area contributed by atoms with E-state index in [9.17, 15) is 0 Å². The number of rotatable bonds is 5. The maximum Gasteiger partial charge on any atom is 0.154 e. The zero-order valence-corrected chi connectivity index (χ0v) is 14.5. The maximum absolute atomic E-state index is 6.23. The van der Waals surface area contributed by atoms with Gasteiger partial charge in [-0.1, -0.05) is 53.6 Å². The lowest BCUT2D eigenvalue weighted by molar-refractivity contribution is 0.414. The number of halogens is 1. The smallest absolute Gasteiger partial charge is 0.154 e. The van der Waals surface area contributed by atoms with Gasteiger partial charge < -0.3 is 4.74 Å². The molecule has 3 nitrogen and oxygen atoms in total. The lowest BCUT2D eigenvalue weighted by Gasteiger charge is -2.07. The molecule has 0 saturated heterocycles. The molecular formula is C20H19ClN2O. The van der Waals surface area contributed by atoms with Crippen LogP contribution in [0.25, 0.3) is 11.3 Å². The molecule has 0 N–H and O–H groups in total. The average Bonchev–Trinajstić information content (AvgIpc) is 2.62. The highest BCUT2D eigenvalue weighted by molar-refractivity contribution is 6.30. The van der Waals surface area contributed by atoms with Crippen LogP contribution in [0.4, 0.5) is 0 Å². The number of aryl methyl sites for hydroxylation is 3. The van der Waals surface area contributed by atoms with Gasteiger partial charge in [-0.3, -0.25) is 0 Å². The minimum Gasteiger partial charge on any atom is -0.497 e. The van der Waals surface area contributed by atoms with E-state index in [1.165, 1.54) is 11.1 Å². The number of aromatic nitrogens is 2. The van der Waals surface area contributed by atoms with Gasteiger partial charge in [0.1, 0.15) is 5.75 Å². The van der Waals surface area contributed by atoms with Crippen molar-refractivity contribution < 1.29 is 4.74 Å². The van der Waals surface area contributed by atoms with E-state index in [1.54, 1.807) is 7.11 Å². The summed E-state index contributed by atoms with van der Waals surface area (Å²) in [6, 6.07) is 18.4. The summed E-state index contributed by atoms with van der Waals surface area (Å²) < 4.78 is 5.18. The second kappa shape index (κ2) is 7.45. The summed E-state index contributed by atoms with van der Waals surface area (Å²) in [5.41, 5.74) is 5.37. The molecule has 4 heteroatoms. The third-order valence-corrected chi connectivity index (χ3v) is 4.33. The molecule has 1 heterocycles. The summed E-state index contributed by atoms with van der Waals surface area (Å²) in [6.45, 7) is 2.07. The molecule has 2 aromatic carbocycles. The quantitative estimate of drug-likeness (QED) is 0.663. The molecule has 0 saturated carbocycles. The summed E-state index contributed by atoms with van der Waals surface area (Å²) in [6.07, 6.45) is 1.71. The van der Waals surface area contributed by atoms with Gasteiger partial charge >= 0.3 is 0 Å². The van der Waals surface area contributed by atoms with E-state index in [1.807, 2.05) is 18.2 Å². The molecule has 122 valence electrons. The standard InChI is InChI=1S/C20H19ClN2O/c1-14-3-8-16(9-4-14)19-13-17(20(21)23-22-19)10-5-15-6-11-18(24-2)12-7-15/h3-4,6-9,11-13H,5,10H2,1-2H3. The van der Waals surface area contributed by atoms with Crippen molar-refractivity contribution in [2.75, 3.05) is 7.11 Å². The minimum absolute atomic E-state index is 0.472. The molecule has 24 heavy (non-hydrogen) atoms. The van der Waals surface area contributed by atoms with Crippen molar-refractivity contribution in [3.63, 3.8) is 0 Å². The molecule has 0 fully saturated rings. The summed E-state index contributed by atoms with van der Waals surface area (Å²) >= 11 is 6.23. The third kappa shape index (κ3) is 3.92. The van der Waals surface area contributed by atoms with Crippen molar-refractivity contribution in [3.05, 3.63) is 76.4 Å². The van der Waals surface area contributed by atoms with Gasteiger partial charge in [0.2, 0.25) is 0 Å². The lowest BCUT2D eigenvalue weighted by Crippen LogP contribution is -1.98. The Morgan fingerprint density at radius 2 is 1.62 bits per heavy atom. The molecule has 0 atom stereocenters. The highest BCUT2D eigenvalue weighted by Gasteiger charge is 2.08. The lowest BCUT2D eigenvalue weighted by atomic mass is 10.0. The highest BCUT2D eigenvalue weighted by Crippen LogP contribution is 2.23. The van der Waals surface area contributed by atoms with Gasteiger partial charge in [-0.15, -0.1) is 10.2 Å². The van der Waals surface area contributed by atoms with Crippen LogP contribution in [0.2, 0.25) is 5.15 Å². The number of methoxy groups -OCH3 is 1. The van der Waals surface area contributed by atoms with Crippen LogP contribution in [-0.2, 0) is 12.8 Å². The van der Waals surface area contributed by atoms with Crippen LogP contribution in [0, 0.1) is 6.92 Å². The molecule has 0 bridgehead atoms. The van der Waals surface area contributed by atoms with Crippen molar-refractivity contribution in [2.45, 2.75) is 19.8 Å². The zero-order valence-electron chi connectivity index (χ0n) is 13.8. The fraction of sp³-hybridized carbons (Fsp3) is 0.200. The van der Waals surface area contributed by atoms with Gasteiger partial charge in [-0.2, -0.15) is 0 Å². The Kier molecular flexibility index (Phi) is 5.11. The summed E-state index contributed by atoms with van der Waals surface area (Å²) in [5.74, 6) is 0.865. The molecular weight excluding hydrogens is 320 g/mol. The van der Waals surface area contributed by atoms with Crippen LogP contribution >= 0.6 is 11.6 Å². The van der Waals surface area contributed by atoms with Gasteiger partial charge in [-0.05, 0) is 49.1 Å². The molecule has 0 amide bonds. The zero-order chi connectivity index (χ0) is 16.9. The number of benzene rings is 2. The Balaban J connectivity index is 1.77. The monoisotopic (exact) mass is 338 g/mol. The first kappa shape index (κ1) is 16.5. The van der Waals surface area contributed by atoms with Crippen molar-refractivity contribution in [1.29, 1.82) is 0 Å². The topological polar surface area (TPSA) is 35.0 Å². The van der Waals surface area contributed by atoms with Crippen LogP contribution < -0.4 is 4.74 Å². The Labute approximate surface area is 147 Å². The Morgan fingerprint density at radius 3 is 2.29 bits per heavy atom. The first-order valence-corrected chi connectivity index (χ1v) is 8.25. The average molecular weight is 339 g/mol. The third-order valence-electron chi connectivity index (χ3n) is 4.01. The fourth-order valence-electron chi connectivity index (χ4n) is 2.53. The Hall–Kier alpha value is -2.39. The van der Waals surface area contributed by atoms with Crippen LogP contribution in [0.1, 0.15) is 16.7 Å². The van der Waals surface area contributed by atoms with E-state index >= 15 is 0 Å². The van der Waals surface area contributed by atoms with Crippen molar-refractivity contribution >= 4 is 11.6 Å². The van der Waals surface area contributed by atoms with Crippen LogP contribution in [0.5, 0.6) is 5.75 Å². The molecule has 0 spiro atoms. The fourth-order valence-corrected chi connectivity index (χ4v) is 2.71. The molecule has 1 aromatic heterocycles. The number of hydrogen-bond donors (Lipinski definition) is 0. The van der Waals surface area contributed by atoms with E-state index in [0.717, 1.165) is 35.4 Å². The number of nitrogens with zero attached hydrogens (tertiary/aromatic N) is 2. The highest BCUT2D eigenvalue weighted by atomic mass is 35.5. The van der Waals surface area contributed by atoms with Crippen molar-refractivity contribution in [2.24, 2.45) is 0 Å². The molecule has 3 aromatic rings. The van der Waals surface area contributed by atoms with Gasteiger partial charge in [0, 0.05) is 5.56 Å². The van der Waals surface area contributed by atoms with Gasteiger partial charge in [0.05, 0.1) is 12.8 Å². The summed E-state index contributed by atoms with van der Waals surface area (Å²) in [7, 11) is 1.67. The molecule has 0 unspecified atom stereocenters. The van der Waals surface area contributed by atoms with E-state index < -0.39 is 0 Å². The number of hydrogen-bond acceptors (Lipinski definition) is 3. The maximum atomic E-state index is 6.23. The SMILES string of the molecule is COc1ccc(CCc2cc(-c3ccc(C)cc3)nnc2Cl)cc1. The first-order valence-electron chi connectivity index (χ1n) is 7.88. The molecule has 0 aliphatic rings. The molecule has 0 radical (unpaired) electrons. The van der Waals surface area contributed by atoms with E-state index in [4.69, 9.17) is 16.3 Å². The molecule has 3 rings (SSSR count). The number of ether oxygens (including phenoxy) is 1. The summed E-state index contributed by atoms with van der Waals surface area (Å²) in [4.78, 5) is 0. The predicted octanol–water partition coefficient (Wildman–Crippen LogP) is 4.90.